The number of hydrogen-bond donors (Lipinski definition) is 1. The molecule has 0 spiro atoms. The van der Waals surface area contributed by atoms with Crippen LogP contribution in [0.25, 0.3) is 22.2 Å². The quantitative estimate of drug-likeness (QED) is 0.525. The maximum absolute atomic E-state index is 5.55. The number of pyridine rings is 1. The van der Waals surface area contributed by atoms with Crippen LogP contribution in [0.5, 0.6) is 0 Å². The van der Waals surface area contributed by atoms with E-state index in [1.54, 1.807) is 0 Å². The van der Waals surface area contributed by atoms with E-state index in [-0.39, 0.29) is 0 Å². The topological polar surface area (TPSA) is 41.2 Å². The smallest absolute Gasteiger partial charge is 0.0594 e. The largest absolute Gasteiger partial charge is 0.379 e. The van der Waals surface area contributed by atoms with E-state index in [4.69, 9.17) is 4.74 Å². The van der Waals surface area contributed by atoms with Crippen LogP contribution in [0.3, 0.4) is 0 Å². The number of ether oxygens (including phenoxy) is 1. The molecular weight excluding hydrogens is 394 g/mol. The van der Waals surface area contributed by atoms with Crippen molar-refractivity contribution in [2.24, 2.45) is 0 Å². The first-order valence-electron chi connectivity index (χ1n) is 12.4. The van der Waals surface area contributed by atoms with Gasteiger partial charge in [-0.05, 0) is 86.8 Å². The molecule has 2 aliphatic rings. The zero-order chi connectivity index (χ0) is 22.2. The lowest BCUT2D eigenvalue weighted by Crippen LogP contribution is -2.44. The Morgan fingerprint density at radius 3 is 2.31 bits per heavy atom. The lowest BCUT2D eigenvalue weighted by Gasteiger charge is -2.38. The maximum Gasteiger partial charge on any atom is 0.0594 e. The van der Waals surface area contributed by atoms with Crippen molar-refractivity contribution in [3.05, 3.63) is 52.8 Å². The van der Waals surface area contributed by atoms with Crippen molar-refractivity contribution in [1.29, 1.82) is 0 Å². The molecule has 4 heteroatoms. The Balaban J connectivity index is 1.43. The van der Waals surface area contributed by atoms with E-state index in [9.17, 15) is 0 Å². The number of morpholine rings is 1. The number of aromatic nitrogens is 2. The zero-order valence-corrected chi connectivity index (χ0v) is 20.1. The summed E-state index contributed by atoms with van der Waals surface area (Å²) >= 11 is 0. The van der Waals surface area contributed by atoms with Crippen LogP contribution >= 0.6 is 0 Å². The first kappa shape index (κ1) is 21.7. The molecule has 3 heterocycles. The third kappa shape index (κ3) is 4.23. The fraction of sp³-hybridized carbons (Fsp3) is 0.536. The van der Waals surface area contributed by atoms with E-state index in [1.807, 2.05) is 0 Å². The summed E-state index contributed by atoms with van der Waals surface area (Å²) in [4.78, 5) is 11.0. The van der Waals surface area contributed by atoms with Gasteiger partial charge in [-0.15, -0.1) is 0 Å². The van der Waals surface area contributed by atoms with E-state index < -0.39 is 0 Å². The van der Waals surface area contributed by atoms with Crippen LogP contribution in [0.2, 0.25) is 0 Å². The Hall–Kier alpha value is -2.17. The third-order valence-electron chi connectivity index (χ3n) is 7.54. The van der Waals surface area contributed by atoms with Gasteiger partial charge < -0.3 is 9.72 Å². The number of rotatable bonds is 4. The molecule has 1 N–H and O–H groups in total. The minimum absolute atomic E-state index is 0.458. The van der Waals surface area contributed by atoms with Crippen molar-refractivity contribution in [3.8, 4) is 11.3 Å². The molecule has 0 bridgehead atoms. The van der Waals surface area contributed by atoms with Crippen LogP contribution in [-0.4, -0.2) is 47.2 Å². The van der Waals surface area contributed by atoms with Crippen molar-refractivity contribution < 1.29 is 4.74 Å². The minimum Gasteiger partial charge on any atom is -0.379 e. The number of nitrogens with one attached hydrogen (secondary N) is 1. The van der Waals surface area contributed by atoms with E-state index in [1.165, 1.54) is 59.0 Å². The lowest BCUT2D eigenvalue weighted by molar-refractivity contribution is 0.00730. The molecule has 0 amide bonds. The predicted octanol–water partition coefficient (Wildman–Crippen LogP) is 6.33. The summed E-state index contributed by atoms with van der Waals surface area (Å²) in [5.74, 6) is 1.14. The molecule has 1 aliphatic carbocycles. The van der Waals surface area contributed by atoms with Crippen molar-refractivity contribution in [2.75, 3.05) is 26.3 Å². The van der Waals surface area contributed by atoms with Gasteiger partial charge in [0.25, 0.3) is 0 Å². The highest BCUT2D eigenvalue weighted by Crippen LogP contribution is 2.40. The first-order valence-corrected chi connectivity index (χ1v) is 12.4. The Labute approximate surface area is 192 Å². The predicted molar refractivity (Wildman–Crippen MR) is 132 cm³/mol. The summed E-state index contributed by atoms with van der Waals surface area (Å²) in [6.45, 7) is 12.8. The molecule has 1 aliphatic heterocycles. The van der Waals surface area contributed by atoms with Crippen molar-refractivity contribution in [2.45, 2.75) is 71.3 Å². The average Bonchev–Trinajstić information content (AvgIpc) is 3.18. The Bertz CT molecular complexity index is 1070. The molecule has 1 aromatic carbocycles. The monoisotopic (exact) mass is 431 g/mol. The van der Waals surface area contributed by atoms with E-state index in [0.717, 1.165) is 43.7 Å². The second-order valence-electron chi connectivity index (χ2n) is 10.2. The number of fused-ring (bicyclic) bond motifs is 1. The Morgan fingerprint density at radius 1 is 0.969 bits per heavy atom. The summed E-state index contributed by atoms with van der Waals surface area (Å²) in [6, 6.07) is 12.3. The molecule has 5 rings (SSSR count). The van der Waals surface area contributed by atoms with Gasteiger partial charge in [0.05, 0.1) is 18.9 Å². The Morgan fingerprint density at radius 2 is 1.66 bits per heavy atom. The molecule has 0 radical (unpaired) electrons. The summed E-state index contributed by atoms with van der Waals surface area (Å²) in [6.07, 6.45) is 5.22. The first-order chi connectivity index (χ1) is 15.5. The normalized spacial score (nSPS) is 22.7. The summed E-state index contributed by atoms with van der Waals surface area (Å²) in [5.41, 5.74) is 8.87. The van der Waals surface area contributed by atoms with Gasteiger partial charge in [-0.3, -0.25) is 9.88 Å². The SMILES string of the molecule is Cc1cc(-c2[nH]c3ccc(C4CCC(N5CCOCC5)CC4)cc3c2C(C)C)cc(C)n1. The second-order valence-corrected chi connectivity index (χ2v) is 10.2. The number of hydrogen-bond acceptors (Lipinski definition) is 3. The zero-order valence-electron chi connectivity index (χ0n) is 20.1. The molecular formula is C28H37N3O. The highest BCUT2D eigenvalue weighted by atomic mass is 16.5. The van der Waals surface area contributed by atoms with Gasteiger partial charge >= 0.3 is 0 Å². The van der Waals surface area contributed by atoms with Gasteiger partial charge in [-0.1, -0.05) is 19.9 Å². The Kier molecular flexibility index (Phi) is 6.09. The van der Waals surface area contributed by atoms with Crippen LogP contribution in [0.1, 0.15) is 73.9 Å². The average molecular weight is 432 g/mol. The fourth-order valence-electron chi connectivity index (χ4n) is 6.01. The van der Waals surface area contributed by atoms with Crippen molar-refractivity contribution in [1.82, 2.24) is 14.9 Å². The number of nitrogens with zero attached hydrogens (tertiary/aromatic N) is 2. The fourth-order valence-corrected chi connectivity index (χ4v) is 6.01. The molecule has 2 fully saturated rings. The third-order valence-corrected chi connectivity index (χ3v) is 7.54. The van der Waals surface area contributed by atoms with E-state index in [0.29, 0.717) is 11.8 Å². The second kappa shape index (κ2) is 8.99. The van der Waals surface area contributed by atoms with Gasteiger partial charge in [0.15, 0.2) is 0 Å². The maximum atomic E-state index is 5.55. The van der Waals surface area contributed by atoms with E-state index >= 15 is 0 Å². The molecule has 0 unspecified atom stereocenters. The lowest BCUT2D eigenvalue weighted by atomic mass is 9.80. The standard InChI is InChI=1S/C28H37N3O/c1-18(2)27-25-17-22(21-5-8-24(9-6-21)31-11-13-32-14-12-31)7-10-26(25)30-28(27)23-15-19(3)29-20(4)16-23/h7,10,15-18,21,24,30H,5-6,8-9,11-14H2,1-4H3. The van der Waals surface area contributed by atoms with Crippen LogP contribution in [-0.2, 0) is 4.74 Å². The van der Waals surface area contributed by atoms with Gasteiger partial charge in [0.2, 0.25) is 0 Å². The molecule has 32 heavy (non-hydrogen) atoms. The summed E-state index contributed by atoms with van der Waals surface area (Å²) < 4.78 is 5.55. The van der Waals surface area contributed by atoms with Gasteiger partial charge in [-0.25, -0.2) is 0 Å². The summed E-state index contributed by atoms with van der Waals surface area (Å²) in [7, 11) is 0. The molecule has 2 aromatic heterocycles. The number of aromatic amines is 1. The van der Waals surface area contributed by atoms with Crippen LogP contribution in [0.4, 0.5) is 0 Å². The number of benzene rings is 1. The highest BCUT2D eigenvalue weighted by molar-refractivity contribution is 5.92. The van der Waals surface area contributed by atoms with Crippen molar-refractivity contribution >= 4 is 10.9 Å². The van der Waals surface area contributed by atoms with Gasteiger partial charge in [0.1, 0.15) is 0 Å². The van der Waals surface area contributed by atoms with Gasteiger partial charge in [0, 0.05) is 47.0 Å². The van der Waals surface area contributed by atoms with Crippen LogP contribution < -0.4 is 0 Å². The molecule has 0 atom stereocenters. The summed E-state index contributed by atoms with van der Waals surface area (Å²) in [5, 5.41) is 1.40. The molecule has 4 nitrogen and oxygen atoms in total. The van der Waals surface area contributed by atoms with Gasteiger partial charge in [-0.2, -0.15) is 0 Å². The minimum atomic E-state index is 0.458. The number of H-pyrrole nitrogens is 1. The number of aryl methyl sites for hydroxylation is 2. The molecule has 170 valence electrons. The molecule has 1 saturated heterocycles. The van der Waals surface area contributed by atoms with Crippen molar-refractivity contribution in [3.63, 3.8) is 0 Å². The molecule has 3 aromatic rings. The van der Waals surface area contributed by atoms with Crippen LogP contribution in [0, 0.1) is 13.8 Å². The highest BCUT2D eigenvalue weighted by Gasteiger charge is 2.28. The van der Waals surface area contributed by atoms with Crippen LogP contribution in [0.15, 0.2) is 30.3 Å². The van der Waals surface area contributed by atoms with E-state index in [2.05, 4.69) is 72.9 Å². The molecule has 1 saturated carbocycles.